The minimum atomic E-state index is -0.152. The average molecular weight is 346 g/mol. The van der Waals surface area contributed by atoms with Gasteiger partial charge in [-0.05, 0) is 23.3 Å². The maximum absolute atomic E-state index is 12.2. The van der Waals surface area contributed by atoms with E-state index in [1.54, 1.807) is 12.1 Å². The second kappa shape index (κ2) is 8.24. The second-order valence-electron chi connectivity index (χ2n) is 5.71. The lowest BCUT2D eigenvalue weighted by Gasteiger charge is -2.27. The maximum atomic E-state index is 12.2. The van der Waals surface area contributed by atoms with Crippen molar-refractivity contribution in [2.24, 2.45) is 0 Å². The first kappa shape index (κ1) is 16.9. The standard InChI is InChI=1S/C18H20ClN3O2/c19-17-11-14(5-6-20-17)18(23)21-12-15-3-1-2-4-16(15)13-22-7-9-24-10-8-22/h1-6,11H,7-10,12-13H2,(H,21,23). The van der Waals surface area contributed by atoms with Crippen molar-refractivity contribution in [3.63, 3.8) is 0 Å². The fourth-order valence-electron chi connectivity index (χ4n) is 2.71. The molecule has 0 bridgehead atoms. The van der Waals surface area contributed by atoms with Crippen LogP contribution >= 0.6 is 11.6 Å². The molecule has 6 heteroatoms. The lowest BCUT2D eigenvalue weighted by molar-refractivity contribution is 0.0340. The van der Waals surface area contributed by atoms with Crippen molar-refractivity contribution in [2.75, 3.05) is 26.3 Å². The Kier molecular flexibility index (Phi) is 5.80. The van der Waals surface area contributed by atoms with E-state index in [4.69, 9.17) is 16.3 Å². The van der Waals surface area contributed by atoms with Crippen LogP contribution in [0.4, 0.5) is 0 Å². The quantitative estimate of drug-likeness (QED) is 0.846. The molecule has 3 rings (SSSR count). The minimum Gasteiger partial charge on any atom is -0.379 e. The summed E-state index contributed by atoms with van der Waals surface area (Å²) in [6.07, 6.45) is 1.53. The first-order chi connectivity index (χ1) is 11.7. The molecule has 1 aliphatic rings. The van der Waals surface area contributed by atoms with E-state index in [1.807, 2.05) is 12.1 Å². The summed E-state index contributed by atoms with van der Waals surface area (Å²) in [7, 11) is 0. The summed E-state index contributed by atoms with van der Waals surface area (Å²) in [5.41, 5.74) is 2.87. The molecule has 5 nitrogen and oxygen atoms in total. The van der Waals surface area contributed by atoms with E-state index in [2.05, 4.69) is 27.3 Å². The van der Waals surface area contributed by atoms with Gasteiger partial charge in [-0.25, -0.2) is 4.98 Å². The monoisotopic (exact) mass is 345 g/mol. The molecule has 0 atom stereocenters. The van der Waals surface area contributed by atoms with Crippen LogP contribution < -0.4 is 5.32 Å². The van der Waals surface area contributed by atoms with Crippen LogP contribution in [-0.4, -0.2) is 42.1 Å². The number of rotatable bonds is 5. The number of hydrogen-bond acceptors (Lipinski definition) is 4. The number of pyridine rings is 1. The summed E-state index contributed by atoms with van der Waals surface area (Å²) >= 11 is 5.83. The molecule has 1 fully saturated rings. The third-order valence-corrected chi connectivity index (χ3v) is 4.25. The van der Waals surface area contributed by atoms with Crippen LogP contribution in [0.1, 0.15) is 21.5 Å². The molecular weight excluding hydrogens is 326 g/mol. The number of carbonyl (C=O) groups is 1. The van der Waals surface area contributed by atoms with E-state index in [-0.39, 0.29) is 5.91 Å². The summed E-state index contributed by atoms with van der Waals surface area (Å²) in [5.74, 6) is -0.152. The lowest BCUT2D eigenvalue weighted by atomic mass is 10.1. The predicted octanol–water partition coefficient (Wildman–Crippen LogP) is 2.50. The number of ether oxygens (including phenoxy) is 1. The highest BCUT2D eigenvalue weighted by Gasteiger charge is 2.13. The smallest absolute Gasteiger partial charge is 0.251 e. The van der Waals surface area contributed by atoms with Gasteiger partial charge in [-0.3, -0.25) is 9.69 Å². The molecule has 1 saturated heterocycles. The molecule has 1 N–H and O–H groups in total. The van der Waals surface area contributed by atoms with Gasteiger partial charge in [0.15, 0.2) is 0 Å². The molecule has 2 heterocycles. The topological polar surface area (TPSA) is 54.5 Å². The van der Waals surface area contributed by atoms with Crippen molar-refractivity contribution in [1.29, 1.82) is 0 Å². The Morgan fingerprint density at radius 1 is 1.21 bits per heavy atom. The molecule has 0 saturated carbocycles. The first-order valence-electron chi connectivity index (χ1n) is 7.99. The zero-order valence-electron chi connectivity index (χ0n) is 13.4. The van der Waals surface area contributed by atoms with Crippen LogP contribution in [-0.2, 0) is 17.8 Å². The number of halogens is 1. The van der Waals surface area contributed by atoms with Crippen molar-refractivity contribution in [1.82, 2.24) is 15.2 Å². The van der Waals surface area contributed by atoms with Gasteiger partial charge in [0, 0.05) is 37.9 Å². The Hall–Kier alpha value is -1.95. The van der Waals surface area contributed by atoms with Crippen molar-refractivity contribution >= 4 is 17.5 Å². The Bertz CT molecular complexity index is 702. The van der Waals surface area contributed by atoms with Gasteiger partial charge in [0.05, 0.1) is 13.2 Å². The second-order valence-corrected chi connectivity index (χ2v) is 6.09. The van der Waals surface area contributed by atoms with Crippen molar-refractivity contribution in [3.8, 4) is 0 Å². The normalized spacial score (nSPS) is 15.2. The Morgan fingerprint density at radius 3 is 2.71 bits per heavy atom. The summed E-state index contributed by atoms with van der Waals surface area (Å²) in [6.45, 7) is 4.80. The predicted molar refractivity (Wildman–Crippen MR) is 93.0 cm³/mol. The number of nitrogens with one attached hydrogen (secondary N) is 1. The van der Waals surface area contributed by atoms with Gasteiger partial charge < -0.3 is 10.1 Å². The van der Waals surface area contributed by atoms with Crippen LogP contribution in [0.3, 0.4) is 0 Å². The summed E-state index contributed by atoms with van der Waals surface area (Å²) in [6, 6.07) is 11.4. The molecule has 0 aliphatic carbocycles. The zero-order valence-corrected chi connectivity index (χ0v) is 14.1. The minimum absolute atomic E-state index is 0.152. The summed E-state index contributed by atoms with van der Waals surface area (Å²) in [5, 5.41) is 3.27. The highest BCUT2D eigenvalue weighted by Crippen LogP contribution is 2.13. The molecule has 24 heavy (non-hydrogen) atoms. The number of aromatic nitrogens is 1. The van der Waals surface area contributed by atoms with Gasteiger partial charge >= 0.3 is 0 Å². The molecule has 0 radical (unpaired) electrons. The fourth-order valence-corrected chi connectivity index (χ4v) is 2.88. The number of nitrogens with zero attached hydrogens (tertiary/aromatic N) is 2. The molecule has 1 aromatic carbocycles. The van der Waals surface area contributed by atoms with E-state index in [0.29, 0.717) is 17.3 Å². The van der Waals surface area contributed by atoms with Crippen LogP contribution in [0.2, 0.25) is 5.15 Å². The summed E-state index contributed by atoms with van der Waals surface area (Å²) in [4.78, 5) is 18.5. The molecular formula is C18H20ClN3O2. The lowest BCUT2D eigenvalue weighted by Crippen LogP contribution is -2.36. The van der Waals surface area contributed by atoms with Crippen molar-refractivity contribution in [2.45, 2.75) is 13.1 Å². The van der Waals surface area contributed by atoms with E-state index < -0.39 is 0 Å². The zero-order chi connectivity index (χ0) is 16.8. The maximum Gasteiger partial charge on any atom is 0.251 e. The highest BCUT2D eigenvalue weighted by molar-refractivity contribution is 6.29. The van der Waals surface area contributed by atoms with Crippen LogP contribution in [0.25, 0.3) is 0 Å². The number of amides is 1. The van der Waals surface area contributed by atoms with Gasteiger partial charge in [0.25, 0.3) is 5.91 Å². The Labute approximate surface area is 146 Å². The Morgan fingerprint density at radius 2 is 1.96 bits per heavy atom. The SMILES string of the molecule is O=C(NCc1ccccc1CN1CCOCC1)c1ccnc(Cl)c1. The molecule has 0 spiro atoms. The van der Waals surface area contributed by atoms with Crippen LogP contribution in [0.5, 0.6) is 0 Å². The molecule has 1 aliphatic heterocycles. The van der Waals surface area contributed by atoms with E-state index in [0.717, 1.165) is 38.4 Å². The third-order valence-electron chi connectivity index (χ3n) is 4.04. The number of morpholine rings is 1. The van der Waals surface area contributed by atoms with Gasteiger partial charge in [-0.15, -0.1) is 0 Å². The Balaban J connectivity index is 1.63. The summed E-state index contributed by atoms with van der Waals surface area (Å²) < 4.78 is 5.39. The molecule has 2 aromatic rings. The van der Waals surface area contributed by atoms with Gasteiger partial charge in [-0.1, -0.05) is 35.9 Å². The molecule has 0 unspecified atom stereocenters. The first-order valence-corrected chi connectivity index (χ1v) is 8.37. The molecule has 1 amide bonds. The van der Waals surface area contributed by atoms with Gasteiger partial charge in [0.1, 0.15) is 5.15 Å². The number of carbonyl (C=O) groups excluding carboxylic acids is 1. The molecule has 126 valence electrons. The largest absolute Gasteiger partial charge is 0.379 e. The van der Waals surface area contributed by atoms with E-state index in [1.165, 1.54) is 11.8 Å². The van der Waals surface area contributed by atoms with Crippen LogP contribution in [0, 0.1) is 0 Å². The van der Waals surface area contributed by atoms with Crippen LogP contribution in [0.15, 0.2) is 42.6 Å². The van der Waals surface area contributed by atoms with E-state index >= 15 is 0 Å². The third kappa shape index (κ3) is 4.54. The van der Waals surface area contributed by atoms with Gasteiger partial charge in [-0.2, -0.15) is 0 Å². The average Bonchev–Trinajstić information content (AvgIpc) is 2.61. The van der Waals surface area contributed by atoms with Crippen molar-refractivity contribution < 1.29 is 9.53 Å². The van der Waals surface area contributed by atoms with E-state index in [9.17, 15) is 4.79 Å². The number of hydrogen-bond donors (Lipinski definition) is 1. The van der Waals surface area contributed by atoms with Crippen molar-refractivity contribution in [3.05, 3.63) is 64.4 Å². The number of benzene rings is 1. The highest BCUT2D eigenvalue weighted by atomic mass is 35.5. The molecule has 1 aromatic heterocycles. The fraction of sp³-hybridized carbons (Fsp3) is 0.333. The van der Waals surface area contributed by atoms with Gasteiger partial charge in [0.2, 0.25) is 0 Å².